The van der Waals surface area contributed by atoms with E-state index in [0.29, 0.717) is 55.1 Å². The lowest BCUT2D eigenvalue weighted by atomic mass is 9.90. The molecule has 1 aliphatic heterocycles. The maximum atomic E-state index is 13.3. The second kappa shape index (κ2) is 10.4. The van der Waals surface area contributed by atoms with Crippen molar-refractivity contribution in [1.82, 2.24) is 19.0 Å². The molecule has 2 amide bonds. The Morgan fingerprint density at radius 1 is 1.00 bits per heavy atom. The van der Waals surface area contributed by atoms with Gasteiger partial charge in [0.2, 0.25) is 11.8 Å². The summed E-state index contributed by atoms with van der Waals surface area (Å²) in [4.78, 5) is 49.4. The van der Waals surface area contributed by atoms with Gasteiger partial charge in [0, 0.05) is 59.2 Å². The highest BCUT2D eigenvalue weighted by Crippen LogP contribution is 2.39. The second-order valence-corrected chi connectivity index (χ2v) is 11.0. The van der Waals surface area contributed by atoms with Crippen LogP contribution in [0.25, 0.3) is 11.0 Å². The lowest BCUT2D eigenvalue weighted by Crippen LogP contribution is -2.47. The Labute approximate surface area is 233 Å². The molecule has 1 aromatic carbocycles. The van der Waals surface area contributed by atoms with Crippen molar-refractivity contribution in [3.05, 3.63) is 76.4 Å². The molecule has 210 valence electrons. The Balaban J connectivity index is 1.45. The van der Waals surface area contributed by atoms with E-state index in [9.17, 15) is 14.4 Å². The topological polar surface area (TPSA) is 96.8 Å². The van der Waals surface area contributed by atoms with Crippen molar-refractivity contribution < 1.29 is 14.0 Å². The molecule has 40 heavy (non-hydrogen) atoms. The highest BCUT2D eigenvalue weighted by Gasteiger charge is 2.45. The molecular weight excluding hydrogens is 508 g/mol. The van der Waals surface area contributed by atoms with Gasteiger partial charge in [0.05, 0.1) is 28.8 Å². The fraction of sp³-hybridized carbons (Fsp3) is 0.400. The summed E-state index contributed by atoms with van der Waals surface area (Å²) in [7, 11) is 3.69. The predicted molar refractivity (Wildman–Crippen MR) is 154 cm³/mol. The summed E-state index contributed by atoms with van der Waals surface area (Å²) in [6.07, 6.45) is 5.39. The van der Waals surface area contributed by atoms with Crippen LogP contribution in [0.1, 0.15) is 37.8 Å². The maximum Gasteiger partial charge on any atom is 0.261 e. The quantitative estimate of drug-likeness (QED) is 0.314. The van der Waals surface area contributed by atoms with Crippen LogP contribution in [-0.2, 0) is 36.3 Å². The summed E-state index contributed by atoms with van der Waals surface area (Å²) < 4.78 is 9.31. The monoisotopic (exact) mass is 544 g/mol. The molecule has 0 atom stereocenters. The molecule has 0 spiro atoms. The number of rotatable bonds is 8. The smallest absolute Gasteiger partial charge is 0.261 e. The molecule has 0 unspecified atom stereocenters. The fourth-order valence-corrected chi connectivity index (χ4v) is 5.41. The van der Waals surface area contributed by atoms with E-state index in [1.807, 2.05) is 55.9 Å². The molecular formula is C30H36N6O4. The Morgan fingerprint density at radius 2 is 1.77 bits per heavy atom. The summed E-state index contributed by atoms with van der Waals surface area (Å²) in [5.74, 6) is 0.273. The van der Waals surface area contributed by atoms with Gasteiger partial charge < -0.3 is 23.4 Å². The maximum absolute atomic E-state index is 13.3. The summed E-state index contributed by atoms with van der Waals surface area (Å²) in [6, 6.07) is 9.54. The van der Waals surface area contributed by atoms with Crippen molar-refractivity contribution in [2.75, 3.05) is 29.9 Å². The number of carbonyl (C=O) groups is 2. The molecule has 0 aliphatic carbocycles. The van der Waals surface area contributed by atoms with Gasteiger partial charge in [-0.05, 0) is 57.5 Å². The van der Waals surface area contributed by atoms with Gasteiger partial charge in [0.15, 0.2) is 0 Å². The SMILES string of the molecule is CCN1C(=O)C(C)(C)C(=O)N(C)c2cc(CN(CCn3ccc4oc(C)cc4c3=O)Cc3cncn3C)ccc21. The first-order chi connectivity index (χ1) is 19.0. The second-order valence-electron chi connectivity index (χ2n) is 11.0. The highest BCUT2D eigenvalue weighted by atomic mass is 16.3. The van der Waals surface area contributed by atoms with Gasteiger partial charge in [0.1, 0.15) is 16.8 Å². The van der Waals surface area contributed by atoms with E-state index in [2.05, 4.69) is 9.88 Å². The largest absolute Gasteiger partial charge is 0.461 e. The van der Waals surface area contributed by atoms with Crippen LogP contribution in [-0.4, -0.2) is 51.0 Å². The molecule has 0 saturated carbocycles. The van der Waals surface area contributed by atoms with Crippen LogP contribution in [0.15, 0.2) is 58.3 Å². The number of anilines is 2. The Hall–Kier alpha value is -4.18. The van der Waals surface area contributed by atoms with E-state index in [-0.39, 0.29) is 17.4 Å². The number of amides is 2. The minimum atomic E-state index is -1.16. The van der Waals surface area contributed by atoms with Crippen LogP contribution >= 0.6 is 0 Å². The molecule has 0 fully saturated rings. The van der Waals surface area contributed by atoms with Gasteiger partial charge in [-0.3, -0.25) is 19.3 Å². The molecule has 4 heterocycles. The van der Waals surface area contributed by atoms with Crippen molar-refractivity contribution in [3.8, 4) is 0 Å². The number of hydrogen-bond donors (Lipinski definition) is 0. The van der Waals surface area contributed by atoms with E-state index in [1.165, 1.54) is 0 Å². The van der Waals surface area contributed by atoms with Gasteiger partial charge in [-0.15, -0.1) is 0 Å². The lowest BCUT2D eigenvalue weighted by molar-refractivity contribution is -0.137. The summed E-state index contributed by atoms with van der Waals surface area (Å²) in [5.41, 5.74) is 2.84. The number of hydrogen-bond acceptors (Lipinski definition) is 6. The minimum absolute atomic E-state index is 0.0769. The number of furan rings is 1. The zero-order chi connectivity index (χ0) is 28.8. The third-order valence-corrected chi connectivity index (χ3v) is 7.77. The van der Waals surface area contributed by atoms with Gasteiger partial charge >= 0.3 is 0 Å². The van der Waals surface area contributed by atoms with E-state index in [4.69, 9.17) is 4.42 Å². The van der Waals surface area contributed by atoms with Crippen LogP contribution in [0.4, 0.5) is 11.4 Å². The van der Waals surface area contributed by atoms with E-state index >= 15 is 0 Å². The molecule has 3 aromatic heterocycles. The van der Waals surface area contributed by atoms with E-state index in [0.717, 1.165) is 16.9 Å². The first-order valence-corrected chi connectivity index (χ1v) is 13.5. The molecule has 0 N–H and O–H groups in total. The lowest BCUT2D eigenvalue weighted by Gasteiger charge is -2.27. The van der Waals surface area contributed by atoms with Crippen molar-refractivity contribution in [2.24, 2.45) is 12.5 Å². The van der Waals surface area contributed by atoms with Crippen LogP contribution in [0.3, 0.4) is 0 Å². The number of nitrogens with zero attached hydrogens (tertiary/aromatic N) is 6. The number of benzene rings is 1. The van der Waals surface area contributed by atoms with Gasteiger partial charge in [0.25, 0.3) is 5.56 Å². The van der Waals surface area contributed by atoms with Crippen LogP contribution < -0.4 is 15.4 Å². The predicted octanol–water partition coefficient (Wildman–Crippen LogP) is 3.69. The van der Waals surface area contributed by atoms with Crippen molar-refractivity contribution in [2.45, 2.75) is 47.3 Å². The number of aromatic nitrogens is 3. The summed E-state index contributed by atoms with van der Waals surface area (Å²) in [5, 5.41) is 0.578. The molecule has 5 rings (SSSR count). The van der Waals surface area contributed by atoms with Gasteiger partial charge in [-0.1, -0.05) is 6.07 Å². The minimum Gasteiger partial charge on any atom is -0.461 e. The van der Waals surface area contributed by atoms with Crippen LogP contribution in [0.5, 0.6) is 0 Å². The third kappa shape index (κ3) is 4.83. The highest BCUT2D eigenvalue weighted by molar-refractivity contribution is 6.19. The van der Waals surface area contributed by atoms with Gasteiger partial charge in [-0.2, -0.15) is 0 Å². The van der Waals surface area contributed by atoms with Gasteiger partial charge in [-0.25, -0.2) is 4.98 Å². The number of imidazole rings is 1. The summed E-state index contributed by atoms with van der Waals surface area (Å²) in [6.45, 7) is 9.88. The number of pyridine rings is 1. The van der Waals surface area contributed by atoms with Crippen LogP contribution in [0, 0.1) is 12.3 Å². The first kappa shape index (κ1) is 27.4. The van der Waals surface area contributed by atoms with Crippen molar-refractivity contribution in [1.29, 1.82) is 0 Å². The molecule has 0 bridgehead atoms. The Kier molecular flexibility index (Phi) is 7.14. The molecule has 1 aliphatic rings. The third-order valence-electron chi connectivity index (χ3n) is 7.77. The van der Waals surface area contributed by atoms with Crippen molar-refractivity contribution in [3.63, 3.8) is 0 Å². The Morgan fingerprint density at radius 3 is 2.48 bits per heavy atom. The van der Waals surface area contributed by atoms with E-state index < -0.39 is 5.41 Å². The fourth-order valence-electron chi connectivity index (χ4n) is 5.41. The number of carbonyl (C=O) groups excluding carboxylic acids is 2. The molecule has 0 saturated heterocycles. The number of aryl methyl sites for hydroxylation is 2. The normalized spacial score (nSPS) is 15.3. The standard InChI is InChI=1S/C30H36N6O4/c1-7-36-24-9-8-21(15-25(24)33(6)28(38)30(3,4)29(36)39)17-34(18-22-16-31-19-32(22)5)12-13-35-11-10-26-23(27(35)37)14-20(2)40-26/h8-11,14-16,19H,7,12-13,17-18H2,1-6H3. The van der Waals surface area contributed by atoms with Crippen LogP contribution in [0.2, 0.25) is 0 Å². The Bertz CT molecular complexity index is 1650. The molecule has 0 radical (unpaired) electrons. The zero-order valence-electron chi connectivity index (χ0n) is 24.0. The first-order valence-electron chi connectivity index (χ1n) is 13.5. The molecule has 4 aromatic rings. The van der Waals surface area contributed by atoms with E-state index in [1.54, 1.807) is 53.9 Å². The van der Waals surface area contributed by atoms with Crippen molar-refractivity contribution >= 4 is 34.2 Å². The summed E-state index contributed by atoms with van der Waals surface area (Å²) >= 11 is 0. The molecule has 10 nitrogen and oxygen atoms in total. The average Bonchev–Trinajstić information content (AvgIpc) is 3.51. The zero-order valence-corrected chi connectivity index (χ0v) is 24.0. The number of fused-ring (bicyclic) bond motifs is 2. The average molecular weight is 545 g/mol. The molecule has 10 heteroatoms.